The number of alkyl halides is 2. The van der Waals surface area contributed by atoms with Crippen LogP contribution in [0, 0.1) is 5.92 Å². The fourth-order valence-corrected chi connectivity index (χ4v) is 3.44. The number of fused-ring (bicyclic) bond motifs is 2. The van der Waals surface area contributed by atoms with Crippen LogP contribution in [0.3, 0.4) is 0 Å². The van der Waals surface area contributed by atoms with E-state index in [0.717, 1.165) is 32.5 Å². The van der Waals surface area contributed by atoms with Crippen LogP contribution in [0.25, 0.3) is 0 Å². The lowest BCUT2D eigenvalue weighted by atomic mass is 9.82. The summed E-state index contributed by atoms with van der Waals surface area (Å²) in [4.78, 5) is 2.55. The van der Waals surface area contributed by atoms with Gasteiger partial charge in [-0.2, -0.15) is 0 Å². The van der Waals surface area contributed by atoms with Crippen LogP contribution in [0.5, 0.6) is 0 Å². The second-order valence-electron chi connectivity index (χ2n) is 5.70. The molecule has 0 aromatic heterocycles. The fourth-order valence-electron chi connectivity index (χ4n) is 3.44. The minimum Gasteiger partial charge on any atom is -0.314 e. The first kappa shape index (κ1) is 13.5. The molecular formula is C12H21ClF2N2. The SMILES string of the molecule is Cl.FC1(F)CCC(CN2C3CNCC2C3)CC1. The van der Waals surface area contributed by atoms with Gasteiger partial charge in [0.05, 0.1) is 0 Å². The van der Waals surface area contributed by atoms with Crippen LogP contribution in [-0.2, 0) is 0 Å². The molecule has 0 radical (unpaired) electrons. The smallest absolute Gasteiger partial charge is 0.248 e. The van der Waals surface area contributed by atoms with Crippen molar-refractivity contribution in [2.24, 2.45) is 5.92 Å². The first-order valence-electron chi connectivity index (χ1n) is 6.48. The molecule has 2 unspecified atom stereocenters. The van der Waals surface area contributed by atoms with Gasteiger partial charge in [-0.1, -0.05) is 0 Å². The molecule has 100 valence electrons. The third kappa shape index (κ3) is 2.74. The van der Waals surface area contributed by atoms with Crippen molar-refractivity contribution in [1.29, 1.82) is 0 Å². The van der Waals surface area contributed by atoms with Crippen molar-refractivity contribution < 1.29 is 8.78 Å². The van der Waals surface area contributed by atoms with Gasteiger partial charge < -0.3 is 5.32 Å². The number of nitrogens with zero attached hydrogens (tertiary/aromatic N) is 1. The molecule has 1 aliphatic carbocycles. The van der Waals surface area contributed by atoms with Crippen molar-refractivity contribution in [2.75, 3.05) is 19.6 Å². The Labute approximate surface area is 108 Å². The summed E-state index contributed by atoms with van der Waals surface area (Å²) in [5.74, 6) is -1.86. The predicted octanol–water partition coefficient (Wildman–Crippen LogP) is 2.28. The molecule has 3 fully saturated rings. The van der Waals surface area contributed by atoms with Crippen LogP contribution in [0.1, 0.15) is 32.1 Å². The van der Waals surface area contributed by atoms with E-state index in [9.17, 15) is 8.78 Å². The summed E-state index contributed by atoms with van der Waals surface area (Å²) >= 11 is 0. The molecule has 2 bridgehead atoms. The minimum atomic E-state index is -2.37. The third-order valence-corrected chi connectivity index (χ3v) is 4.55. The summed E-state index contributed by atoms with van der Waals surface area (Å²) in [7, 11) is 0. The number of halogens is 3. The second-order valence-corrected chi connectivity index (χ2v) is 5.70. The van der Waals surface area contributed by atoms with Crippen molar-refractivity contribution >= 4 is 12.4 Å². The van der Waals surface area contributed by atoms with Crippen molar-refractivity contribution in [3.63, 3.8) is 0 Å². The van der Waals surface area contributed by atoms with Crippen LogP contribution in [0.2, 0.25) is 0 Å². The van der Waals surface area contributed by atoms with E-state index in [2.05, 4.69) is 10.2 Å². The lowest BCUT2D eigenvalue weighted by Crippen LogP contribution is -2.68. The van der Waals surface area contributed by atoms with Gasteiger partial charge >= 0.3 is 0 Å². The van der Waals surface area contributed by atoms with E-state index in [-0.39, 0.29) is 25.2 Å². The molecular weight excluding hydrogens is 246 g/mol. The van der Waals surface area contributed by atoms with Crippen LogP contribution >= 0.6 is 12.4 Å². The minimum absolute atomic E-state index is 0. The van der Waals surface area contributed by atoms with Crippen molar-refractivity contribution in [3.05, 3.63) is 0 Å². The topological polar surface area (TPSA) is 15.3 Å². The summed E-state index contributed by atoms with van der Waals surface area (Å²) < 4.78 is 26.0. The zero-order chi connectivity index (χ0) is 11.2. The van der Waals surface area contributed by atoms with E-state index in [0.29, 0.717) is 18.0 Å². The van der Waals surface area contributed by atoms with Crippen LogP contribution in [0.4, 0.5) is 8.78 Å². The standard InChI is InChI=1S/C12H20F2N2.ClH/c13-12(14)3-1-9(2-4-12)8-16-10-5-11(16)7-15-6-10;/h9-11,15H,1-8H2;1H. The molecule has 2 aliphatic heterocycles. The second kappa shape index (κ2) is 4.98. The van der Waals surface area contributed by atoms with E-state index < -0.39 is 5.92 Å². The van der Waals surface area contributed by atoms with Gasteiger partial charge in [-0.15, -0.1) is 12.4 Å². The molecule has 2 saturated heterocycles. The Morgan fingerprint density at radius 1 is 1.12 bits per heavy atom. The maximum atomic E-state index is 13.0. The van der Waals surface area contributed by atoms with Gasteiger partial charge in [0, 0.05) is 44.6 Å². The van der Waals surface area contributed by atoms with E-state index in [4.69, 9.17) is 0 Å². The first-order valence-corrected chi connectivity index (χ1v) is 6.48. The zero-order valence-corrected chi connectivity index (χ0v) is 10.8. The third-order valence-electron chi connectivity index (χ3n) is 4.55. The Morgan fingerprint density at radius 3 is 2.24 bits per heavy atom. The lowest BCUT2D eigenvalue weighted by molar-refractivity contribution is -0.0682. The number of hydrogen-bond acceptors (Lipinski definition) is 2. The summed E-state index contributed by atoms with van der Waals surface area (Å²) in [5.41, 5.74) is 0. The summed E-state index contributed by atoms with van der Waals surface area (Å²) in [6, 6.07) is 1.39. The monoisotopic (exact) mass is 266 g/mol. The normalized spacial score (nSPS) is 37.1. The maximum Gasteiger partial charge on any atom is 0.248 e. The summed E-state index contributed by atoms with van der Waals surface area (Å²) in [6.45, 7) is 3.26. The molecule has 2 atom stereocenters. The highest BCUT2D eigenvalue weighted by molar-refractivity contribution is 5.85. The van der Waals surface area contributed by atoms with Gasteiger partial charge in [0.2, 0.25) is 5.92 Å². The first-order chi connectivity index (χ1) is 7.64. The predicted molar refractivity (Wildman–Crippen MR) is 65.9 cm³/mol. The van der Waals surface area contributed by atoms with Crippen molar-refractivity contribution in [3.8, 4) is 0 Å². The molecule has 2 nitrogen and oxygen atoms in total. The van der Waals surface area contributed by atoms with E-state index in [1.165, 1.54) is 6.42 Å². The molecule has 0 aromatic carbocycles. The van der Waals surface area contributed by atoms with Gasteiger partial charge in [0.25, 0.3) is 0 Å². The highest BCUT2D eigenvalue weighted by Crippen LogP contribution is 2.38. The average molecular weight is 267 g/mol. The Balaban J connectivity index is 0.00000108. The van der Waals surface area contributed by atoms with Crippen LogP contribution < -0.4 is 5.32 Å². The average Bonchev–Trinajstić information content (AvgIpc) is 2.28. The quantitative estimate of drug-likeness (QED) is 0.825. The van der Waals surface area contributed by atoms with Crippen molar-refractivity contribution in [1.82, 2.24) is 10.2 Å². The molecule has 0 aromatic rings. The number of piperidine rings is 1. The Hall–Kier alpha value is 0.0700. The van der Waals surface area contributed by atoms with Gasteiger partial charge in [0.1, 0.15) is 0 Å². The van der Waals surface area contributed by atoms with E-state index in [1.807, 2.05) is 0 Å². The maximum absolute atomic E-state index is 13.0. The molecule has 1 N–H and O–H groups in total. The number of nitrogens with one attached hydrogen (secondary N) is 1. The lowest BCUT2D eigenvalue weighted by Gasteiger charge is -2.54. The van der Waals surface area contributed by atoms with Crippen LogP contribution in [0.15, 0.2) is 0 Å². The Bertz CT molecular complexity index is 251. The zero-order valence-electron chi connectivity index (χ0n) is 10.0. The summed E-state index contributed by atoms with van der Waals surface area (Å²) in [5, 5.41) is 3.40. The van der Waals surface area contributed by atoms with Crippen molar-refractivity contribution in [2.45, 2.75) is 50.1 Å². The Kier molecular flexibility index (Phi) is 3.96. The van der Waals surface area contributed by atoms with Gasteiger partial charge in [-0.3, -0.25) is 4.90 Å². The van der Waals surface area contributed by atoms with Crippen LogP contribution in [-0.4, -0.2) is 42.5 Å². The molecule has 3 rings (SSSR count). The molecule has 2 heterocycles. The largest absolute Gasteiger partial charge is 0.314 e. The van der Waals surface area contributed by atoms with E-state index in [1.54, 1.807) is 0 Å². The Morgan fingerprint density at radius 2 is 1.71 bits per heavy atom. The molecule has 1 saturated carbocycles. The highest BCUT2D eigenvalue weighted by Gasteiger charge is 2.43. The molecule has 0 spiro atoms. The molecule has 17 heavy (non-hydrogen) atoms. The van der Waals surface area contributed by atoms with E-state index >= 15 is 0 Å². The molecule has 0 amide bonds. The number of hydrogen-bond donors (Lipinski definition) is 1. The van der Waals surface area contributed by atoms with Gasteiger partial charge in [0.15, 0.2) is 0 Å². The fraction of sp³-hybridized carbons (Fsp3) is 1.00. The molecule has 5 heteroatoms. The number of piperazine rings is 1. The number of rotatable bonds is 2. The van der Waals surface area contributed by atoms with Gasteiger partial charge in [-0.05, 0) is 25.2 Å². The highest BCUT2D eigenvalue weighted by atomic mass is 35.5. The summed E-state index contributed by atoms with van der Waals surface area (Å²) in [6.07, 6.45) is 2.97. The molecule has 3 aliphatic rings. The van der Waals surface area contributed by atoms with Gasteiger partial charge in [-0.25, -0.2) is 8.78 Å².